The van der Waals surface area contributed by atoms with Crippen molar-refractivity contribution in [1.82, 2.24) is 5.32 Å². The molecular weight excluding hydrogens is 316 g/mol. The molecule has 0 aliphatic carbocycles. The molecule has 1 heterocycles. The standard InChI is InChI=1S/C20H22N2O3/c1-21-20(24)15-8-9-18(25-2)16(12-15)10-14-11-19(23)22(13-14)17-6-4-3-5-7-17/h3-9,12,14H,10-11,13H2,1-2H3,(H,21,24). The highest BCUT2D eigenvalue weighted by atomic mass is 16.5. The number of para-hydroxylation sites is 1. The van der Waals surface area contributed by atoms with Gasteiger partial charge in [-0.3, -0.25) is 9.59 Å². The summed E-state index contributed by atoms with van der Waals surface area (Å²) < 4.78 is 5.43. The fraction of sp³-hybridized carbons (Fsp3) is 0.300. The van der Waals surface area contributed by atoms with Gasteiger partial charge in [-0.2, -0.15) is 0 Å². The van der Waals surface area contributed by atoms with E-state index in [1.54, 1.807) is 20.2 Å². The molecular formula is C20H22N2O3. The summed E-state index contributed by atoms with van der Waals surface area (Å²) in [6.45, 7) is 0.677. The monoisotopic (exact) mass is 338 g/mol. The van der Waals surface area contributed by atoms with Crippen LogP contribution in [-0.2, 0) is 11.2 Å². The van der Waals surface area contributed by atoms with E-state index in [1.165, 1.54) is 0 Å². The van der Waals surface area contributed by atoms with E-state index < -0.39 is 0 Å². The van der Waals surface area contributed by atoms with E-state index in [0.29, 0.717) is 24.9 Å². The molecule has 1 fully saturated rings. The Morgan fingerprint density at radius 3 is 2.68 bits per heavy atom. The van der Waals surface area contributed by atoms with Gasteiger partial charge in [0.25, 0.3) is 5.91 Å². The van der Waals surface area contributed by atoms with Gasteiger partial charge in [0.15, 0.2) is 0 Å². The Bertz CT molecular complexity index is 774. The number of amides is 2. The van der Waals surface area contributed by atoms with Crippen LogP contribution in [0.15, 0.2) is 48.5 Å². The lowest BCUT2D eigenvalue weighted by molar-refractivity contribution is -0.117. The Morgan fingerprint density at radius 2 is 2.00 bits per heavy atom. The molecule has 0 bridgehead atoms. The van der Waals surface area contributed by atoms with E-state index in [-0.39, 0.29) is 17.7 Å². The summed E-state index contributed by atoms with van der Waals surface area (Å²) in [5, 5.41) is 2.63. The molecule has 1 aliphatic rings. The Kier molecular flexibility index (Phi) is 5.03. The number of nitrogens with zero attached hydrogens (tertiary/aromatic N) is 1. The molecule has 3 rings (SSSR count). The number of methoxy groups -OCH3 is 1. The third kappa shape index (κ3) is 3.65. The zero-order chi connectivity index (χ0) is 17.8. The second-order valence-electron chi connectivity index (χ2n) is 6.22. The smallest absolute Gasteiger partial charge is 0.251 e. The summed E-state index contributed by atoms with van der Waals surface area (Å²) >= 11 is 0. The average Bonchev–Trinajstić information content (AvgIpc) is 3.02. The molecule has 2 aromatic carbocycles. The van der Waals surface area contributed by atoms with Crippen molar-refractivity contribution in [3.05, 3.63) is 59.7 Å². The molecule has 2 amide bonds. The number of carbonyl (C=O) groups excluding carboxylic acids is 2. The van der Waals surface area contributed by atoms with Gasteiger partial charge in [0.2, 0.25) is 5.91 Å². The van der Waals surface area contributed by atoms with Crippen molar-refractivity contribution in [2.75, 3.05) is 25.6 Å². The van der Waals surface area contributed by atoms with Crippen LogP contribution in [0.5, 0.6) is 5.75 Å². The molecule has 0 saturated carbocycles. The first-order chi connectivity index (χ1) is 12.1. The second kappa shape index (κ2) is 7.38. The van der Waals surface area contributed by atoms with Crippen molar-refractivity contribution < 1.29 is 14.3 Å². The van der Waals surface area contributed by atoms with Gasteiger partial charge < -0.3 is 15.0 Å². The van der Waals surface area contributed by atoms with Crippen molar-refractivity contribution in [2.45, 2.75) is 12.8 Å². The summed E-state index contributed by atoms with van der Waals surface area (Å²) in [6.07, 6.45) is 1.20. The highest BCUT2D eigenvalue weighted by Crippen LogP contribution is 2.30. The molecule has 0 spiro atoms. The van der Waals surface area contributed by atoms with Gasteiger partial charge in [-0.1, -0.05) is 18.2 Å². The van der Waals surface area contributed by atoms with Crippen LogP contribution in [0.3, 0.4) is 0 Å². The maximum atomic E-state index is 12.4. The number of benzene rings is 2. The van der Waals surface area contributed by atoms with Crippen LogP contribution < -0.4 is 15.0 Å². The molecule has 5 nitrogen and oxygen atoms in total. The predicted octanol–water partition coefficient (Wildman–Crippen LogP) is 2.65. The zero-order valence-electron chi connectivity index (χ0n) is 14.5. The number of carbonyl (C=O) groups is 2. The average molecular weight is 338 g/mol. The number of anilines is 1. The molecule has 0 aromatic heterocycles. The van der Waals surface area contributed by atoms with E-state index in [2.05, 4.69) is 5.32 Å². The van der Waals surface area contributed by atoms with Crippen LogP contribution >= 0.6 is 0 Å². The van der Waals surface area contributed by atoms with E-state index in [0.717, 1.165) is 17.0 Å². The Balaban J connectivity index is 1.78. The molecule has 5 heteroatoms. The highest BCUT2D eigenvalue weighted by Gasteiger charge is 2.31. The first kappa shape index (κ1) is 17.0. The fourth-order valence-corrected chi connectivity index (χ4v) is 3.31. The minimum atomic E-state index is -0.127. The molecule has 1 atom stereocenters. The number of ether oxygens (including phenoxy) is 1. The minimum absolute atomic E-state index is 0.127. The summed E-state index contributed by atoms with van der Waals surface area (Å²) in [4.78, 5) is 26.1. The van der Waals surface area contributed by atoms with Crippen molar-refractivity contribution in [3.8, 4) is 5.75 Å². The third-order valence-corrected chi connectivity index (χ3v) is 4.55. The van der Waals surface area contributed by atoms with Crippen LogP contribution in [0.25, 0.3) is 0 Å². The summed E-state index contributed by atoms with van der Waals surface area (Å²) in [5.74, 6) is 0.953. The van der Waals surface area contributed by atoms with Gasteiger partial charge >= 0.3 is 0 Å². The molecule has 1 aliphatic heterocycles. The topological polar surface area (TPSA) is 58.6 Å². The number of nitrogens with one attached hydrogen (secondary N) is 1. The summed E-state index contributed by atoms with van der Waals surface area (Å²) in [5.41, 5.74) is 2.49. The molecule has 130 valence electrons. The minimum Gasteiger partial charge on any atom is -0.496 e. The van der Waals surface area contributed by atoms with E-state index in [4.69, 9.17) is 4.74 Å². The van der Waals surface area contributed by atoms with Crippen molar-refractivity contribution >= 4 is 17.5 Å². The van der Waals surface area contributed by atoms with Gasteiger partial charge in [-0.25, -0.2) is 0 Å². The lowest BCUT2D eigenvalue weighted by Crippen LogP contribution is -2.24. The second-order valence-corrected chi connectivity index (χ2v) is 6.22. The quantitative estimate of drug-likeness (QED) is 0.912. The Morgan fingerprint density at radius 1 is 1.24 bits per heavy atom. The summed E-state index contributed by atoms with van der Waals surface area (Å²) in [7, 11) is 3.23. The predicted molar refractivity (Wildman–Crippen MR) is 97.0 cm³/mol. The molecule has 2 aromatic rings. The normalized spacial score (nSPS) is 16.8. The van der Waals surface area contributed by atoms with Gasteiger partial charge in [-0.15, -0.1) is 0 Å². The van der Waals surface area contributed by atoms with Gasteiger partial charge in [0, 0.05) is 31.3 Å². The maximum absolute atomic E-state index is 12.4. The van der Waals surface area contributed by atoms with Crippen molar-refractivity contribution in [3.63, 3.8) is 0 Å². The fourth-order valence-electron chi connectivity index (χ4n) is 3.31. The Hall–Kier alpha value is -2.82. The number of hydrogen-bond donors (Lipinski definition) is 1. The van der Waals surface area contributed by atoms with Gasteiger partial charge in [-0.05, 0) is 48.2 Å². The van der Waals surface area contributed by atoms with Crippen LogP contribution in [0.4, 0.5) is 5.69 Å². The lowest BCUT2D eigenvalue weighted by Gasteiger charge is -2.17. The van der Waals surface area contributed by atoms with Crippen LogP contribution in [-0.4, -0.2) is 32.5 Å². The number of hydrogen-bond acceptors (Lipinski definition) is 3. The van der Waals surface area contributed by atoms with E-state index in [1.807, 2.05) is 47.4 Å². The maximum Gasteiger partial charge on any atom is 0.251 e. The molecule has 1 N–H and O–H groups in total. The van der Waals surface area contributed by atoms with Crippen LogP contribution in [0.1, 0.15) is 22.3 Å². The van der Waals surface area contributed by atoms with Crippen molar-refractivity contribution in [2.24, 2.45) is 5.92 Å². The largest absolute Gasteiger partial charge is 0.496 e. The van der Waals surface area contributed by atoms with Gasteiger partial charge in [0.1, 0.15) is 5.75 Å². The third-order valence-electron chi connectivity index (χ3n) is 4.55. The number of rotatable bonds is 5. The first-order valence-electron chi connectivity index (χ1n) is 8.36. The molecule has 25 heavy (non-hydrogen) atoms. The molecule has 1 saturated heterocycles. The van der Waals surface area contributed by atoms with Crippen LogP contribution in [0.2, 0.25) is 0 Å². The Labute approximate surface area is 147 Å². The SMILES string of the molecule is CNC(=O)c1ccc(OC)c(CC2CC(=O)N(c3ccccc3)C2)c1. The first-order valence-corrected chi connectivity index (χ1v) is 8.36. The summed E-state index contributed by atoms with van der Waals surface area (Å²) in [6, 6.07) is 15.1. The van der Waals surface area contributed by atoms with E-state index in [9.17, 15) is 9.59 Å². The van der Waals surface area contributed by atoms with Gasteiger partial charge in [0.05, 0.1) is 7.11 Å². The molecule has 1 unspecified atom stereocenters. The highest BCUT2D eigenvalue weighted by molar-refractivity contribution is 5.96. The zero-order valence-corrected chi connectivity index (χ0v) is 14.5. The van der Waals surface area contributed by atoms with Crippen molar-refractivity contribution in [1.29, 1.82) is 0 Å². The molecule has 0 radical (unpaired) electrons. The van der Waals surface area contributed by atoms with E-state index >= 15 is 0 Å². The van der Waals surface area contributed by atoms with Crippen LogP contribution in [0, 0.1) is 5.92 Å². The lowest BCUT2D eigenvalue weighted by atomic mass is 9.96.